The summed E-state index contributed by atoms with van der Waals surface area (Å²) in [5.41, 5.74) is 10.3. The maximum absolute atomic E-state index is 13.2. The van der Waals surface area contributed by atoms with Crippen LogP contribution in [0.5, 0.6) is 5.75 Å². The normalized spacial score (nSPS) is 12.9. The van der Waals surface area contributed by atoms with Gasteiger partial charge < -0.3 is 10.5 Å². The second kappa shape index (κ2) is 9.28. The molecule has 4 rings (SSSR count). The fourth-order valence-corrected chi connectivity index (χ4v) is 3.49. The van der Waals surface area contributed by atoms with E-state index in [1.54, 1.807) is 23.0 Å². The topological polar surface area (TPSA) is 53.1 Å². The molecular formula is C24H25ClFN3O. The first-order valence-corrected chi connectivity index (χ1v) is 9.80. The van der Waals surface area contributed by atoms with Gasteiger partial charge in [-0.3, -0.25) is 0 Å². The van der Waals surface area contributed by atoms with E-state index < -0.39 is 0 Å². The summed E-state index contributed by atoms with van der Waals surface area (Å²) in [7, 11) is 0. The van der Waals surface area contributed by atoms with Crippen molar-refractivity contribution < 1.29 is 9.13 Å². The molecule has 0 spiro atoms. The SMILES string of the molecule is CCc1cccc([C@@H](Oc2ccc3c(cnn3-c3ccc(F)cc3)c2)[C@H](C)N)c1.Cl. The number of aromatic nitrogens is 2. The molecule has 1 heterocycles. The van der Waals surface area contributed by atoms with Crippen LogP contribution in [0.3, 0.4) is 0 Å². The van der Waals surface area contributed by atoms with E-state index in [-0.39, 0.29) is 30.4 Å². The highest BCUT2D eigenvalue weighted by molar-refractivity contribution is 5.85. The van der Waals surface area contributed by atoms with E-state index in [0.717, 1.165) is 34.3 Å². The minimum atomic E-state index is -0.269. The van der Waals surface area contributed by atoms with Crippen molar-refractivity contribution in [2.75, 3.05) is 0 Å². The molecule has 0 unspecified atom stereocenters. The van der Waals surface area contributed by atoms with Gasteiger partial charge in [0.1, 0.15) is 17.7 Å². The number of halogens is 2. The maximum Gasteiger partial charge on any atom is 0.138 e. The zero-order chi connectivity index (χ0) is 20.4. The van der Waals surface area contributed by atoms with Crippen LogP contribution in [0.2, 0.25) is 0 Å². The molecule has 0 saturated heterocycles. The number of nitrogens with zero attached hydrogens (tertiary/aromatic N) is 2. The monoisotopic (exact) mass is 425 g/mol. The van der Waals surface area contributed by atoms with Crippen LogP contribution in [0.15, 0.2) is 72.9 Å². The molecule has 2 atom stereocenters. The Hall–Kier alpha value is -2.89. The van der Waals surface area contributed by atoms with Gasteiger partial charge in [0, 0.05) is 11.4 Å². The smallest absolute Gasteiger partial charge is 0.138 e. The van der Waals surface area contributed by atoms with E-state index in [1.807, 2.05) is 31.2 Å². The minimum Gasteiger partial charge on any atom is -0.484 e. The molecule has 0 aliphatic heterocycles. The third-order valence-electron chi connectivity index (χ3n) is 5.04. The molecule has 0 bridgehead atoms. The molecule has 0 amide bonds. The molecule has 0 aliphatic carbocycles. The van der Waals surface area contributed by atoms with E-state index in [4.69, 9.17) is 10.5 Å². The molecule has 6 heteroatoms. The standard InChI is InChI=1S/C24H24FN3O.ClH/c1-3-17-5-4-6-18(13-17)24(16(2)26)29-22-11-12-23-19(14-22)15-27-28(23)21-9-7-20(25)8-10-21;/h4-16,24H,3,26H2,1-2H3;1H/t16-,24-;/m0./s1. The third kappa shape index (κ3) is 4.48. The van der Waals surface area contributed by atoms with Crippen LogP contribution in [0, 0.1) is 5.82 Å². The van der Waals surface area contributed by atoms with Crippen molar-refractivity contribution in [1.82, 2.24) is 9.78 Å². The van der Waals surface area contributed by atoms with Crippen LogP contribution >= 0.6 is 12.4 Å². The summed E-state index contributed by atoms with van der Waals surface area (Å²) in [4.78, 5) is 0. The molecule has 2 N–H and O–H groups in total. The van der Waals surface area contributed by atoms with E-state index in [0.29, 0.717) is 0 Å². The summed E-state index contributed by atoms with van der Waals surface area (Å²) in [6, 6.07) is 20.3. The minimum absolute atomic E-state index is 0. The summed E-state index contributed by atoms with van der Waals surface area (Å²) in [6.45, 7) is 4.09. The summed E-state index contributed by atoms with van der Waals surface area (Å²) in [5.74, 6) is 0.468. The van der Waals surface area contributed by atoms with Gasteiger partial charge in [0.25, 0.3) is 0 Å². The highest BCUT2D eigenvalue weighted by Crippen LogP contribution is 2.29. The highest BCUT2D eigenvalue weighted by atomic mass is 35.5. The molecule has 156 valence electrons. The van der Waals surface area contributed by atoms with Gasteiger partial charge in [-0.1, -0.05) is 31.2 Å². The lowest BCUT2D eigenvalue weighted by atomic mass is 10.0. The Morgan fingerprint density at radius 2 is 1.83 bits per heavy atom. The molecule has 30 heavy (non-hydrogen) atoms. The largest absolute Gasteiger partial charge is 0.484 e. The van der Waals surface area contributed by atoms with Crippen molar-refractivity contribution in [3.8, 4) is 11.4 Å². The van der Waals surface area contributed by atoms with Crippen LogP contribution in [0.4, 0.5) is 4.39 Å². The quantitative estimate of drug-likeness (QED) is 0.436. The lowest BCUT2D eigenvalue weighted by Gasteiger charge is -2.23. The van der Waals surface area contributed by atoms with Crippen LogP contribution in [-0.2, 0) is 6.42 Å². The number of aryl methyl sites for hydroxylation is 1. The summed E-state index contributed by atoms with van der Waals surface area (Å²) in [6.07, 6.45) is 2.50. The fourth-order valence-electron chi connectivity index (χ4n) is 3.49. The number of hydrogen-bond donors (Lipinski definition) is 1. The molecule has 0 radical (unpaired) electrons. The van der Waals surface area contributed by atoms with Crippen molar-refractivity contribution in [3.05, 3.63) is 89.9 Å². The van der Waals surface area contributed by atoms with E-state index in [1.165, 1.54) is 17.7 Å². The number of ether oxygens (including phenoxy) is 1. The summed E-state index contributed by atoms with van der Waals surface area (Å²) < 4.78 is 21.3. The lowest BCUT2D eigenvalue weighted by molar-refractivity contribution is 0.180. The fraction of sp³-hybridized carbons (Fsp3) is 0.208. The first kappa shape index (κ1) is 21.8. The summed E-state index contributed by atoms with van der Waals surface area (Å²) in [5, 5.41) is 5.39. The van der Waals surface area contributed by atoms with Gasteiger partial charge in [-0.25, -0.2) is 9.07 Å². The zero-order valence-electron chi connectivity index (χ0n) is 17.0. The number of nitrogens with two attached hydrogens (primary N) is 1. The third-order valence-corrected chi connectivity index (χ3v) is 5.04. The Balaban J connectivity index is 0.00000256. The van der Waals surface area contributed by atoms with Crippen molar-refractivity contribution >= 4 is 23.3 Å². The van der Waals surface area contributed by atoms with Crippen LogP contribution in [-0.4, -0.2) is 15.8 Å². The van der Waals surface area contributed by atoms with E-state index in [2.05, 4.69) is 30.2 Å². The number of hydrogen-bond acceptors (Lipinski definition) is 3. The van der Waals surface area contributed by atoms with Gasteiger partial charge in [-0.15, -0.1) is 12.4 Å². The van der Waals surface area contributed by atoms with Crippen molar-refractivity contribution in [2.24, 2.45) is 5.73 Å². The van der Waals surface area contributed by atoms with Gasteiger partial charge in [-0.05, 0) is 66.9 Å². The molecular weight excluding hydrogens is 401 g/mol. The average Bonchev–Trinajstić information content (AvgIpc) is 3.15. The number of fused-ring (bicyclic) bond motifs is 1. The molecule has 0 aliphatic rings. The van der Waals surface area contributed by atoms with E-state index >= 15 is 0 Å². The van der Waals surface area contributed by atoms with E-state index in [9.17, 15) is 4.39 Å². The average molecular weight is 426 g/mol. The second-order valence-electron chi connectivity index (χ2n) is 7.25. The van der Waals surface area contributed by atoms with Crippen LogP contribution in [0.25, 0.3) is 16.6 Å². The van der Waals surface area contributed by atoms with Gasteiger partial charge in [0.15, 0.2) is 0 Å². The Labute approximate surface area is 181 Å². The number of rotatable bonds is 6. The summed E-state index contributed by atoms with van der Waals surface area (Å²) >= 11 is 0. The van der Waals surface area contributed by atoms with Crippen molar-refractivity contribution in [1.29, 1.82) is 0 Å². The molecule has 4 aromatic rings. The maximum atomic E-state index is 13.2. The van der Waals surface area contributed by atoms with Gasteiger partial charge in [-0.2, -0.15) is 5.10 Å². The van der Waals surface area contributed by atoms with Gasteiger partial charge >= 0.3 is 0 Å². The first-order valence-electron chi connectivity index (χ1n) is 9.80. The second-order valence-corrected chi connectivity index (χ2v) is 7.25. The molecule has 0 fully saturated rings. The first-order chi connectivity index (χ1) is 14.0. The molecule has 4 nitrogen and oxygen atoms in total. The Morgan fingerprint density at radius 1 is 1.07 bits per heavy atom. The molecule has 1 aromatic heterocycles. The Kier molecular flexibility index (Phi) is 6.75. The van der Waals surface area contributed by atoms with Gasteiger partial charge in [0.05, 0.1) is 17.4 Å². The Morgan fingerprint density at radius 3 is 2.53 bits per heavy atom. The molecule has 3 aromatic carbocycles. The molecule has 0 saturated carbocycles. The van der Waals surface area contributed by atoms with Crippen LogP contribution in [0.1, 0.15) is 31.1 Å². The van der Waals surface area contributed by atoms with Crippen molar-refractivity contribution in [2.45, 2.75) is 32.4 Å². The lowest BCUT2D eigenvalue weighted by Crippen LogP contribution is -2.29. The zero-order valence-corrected chi connectivity index (χ0v) is 17.8. The predicted molar refractivity (Wildman–Crippen MR) is 121 cm³/mol. The van der Waals surface area contributed by atoms with Gasteiger partial charge in [0.2, 0.25) is 0 Å². The van der Waals surface area contributed by atoms with Crippen molar-refractivity contribution in [3.63, 3.8) is 0 Å². The Bertz CT molecular complexity index is 1120. The number of benzene rings is 3. The predicted octanol–water partition coefficient (Wildman–Crippen LogP) is 5.62. The van der Waals surface area contributed by atoms with Crippen LogP contribution < -0.4 is 10.5 Å². The highest BCUT2D eigenvalue weighted by Gasteiger charge is 2.19.